The number of nitrogens with one attached hydrogen (secondary N) is 3. The first-order chi connectivity index (χ1) is 12.0. The Bertz CT molecular complexity index is 820. The van der Waals surface area contributed by atoms with Crippen LogP contribution in [0.2, 0.25) is 0 Å². The summed E-state index contributed by atoms with van der Waals surface area (Å²) >= 11 is 1.49. The van der Waals surface area contributed by atoms with Gasteiger partial charge >= 0.3 is 0 Å². The van der Waals surface area contributed by atoms with E-state index >= 15 is 0 Å². The van der Waals surface area contributed by atoms with Crippen LogP contribution in [-0.4, -0.2) is 33.5 Å². The predicted octanol–water partition coefficient (Wildman–Crippen LogP) is 2.13. The van der Waals surface area contributed by atoms with Crippen molar-refractivity contribution in [3.8, 4) is 0 Å². The maximum Gasteiger partial charge on any atom is 0.251 e. The minimum absolute atomic E-state index is 0. The van der Waals surface area contributed by atoms with Gasteiger partial charge in [-0.05, 0) is 49.0 Å². The summed E-state index contributed by atoms with van der Waals surface area (Å²) in [5.74, 6) is -0.246. The number of carbonyl (C=O) groups excluding carboxylic acids is 1. The Morgan fingerprint density at radius 2 is 2.12 bits per heavy atom. The maximum atomic E-state index is 12.4. The number of benzene rings is 1. The second-order valence-corrected chi connectivity index (χ2v) is 8.75. The Morgan fingerprint density at radius 3 is 2.81 bits per heavy atom. The molecule has 1 amide bonds. The van der Waals surface area contributed by atoms with Gasteiger partial charge in [-0.25, -0.2) is 13.1 Å². The van der Waals surface area contributed by atoms with Crippen molar-refractivity contribution in [3.05, 3.63) is 52.2 Å². The lowest BCUT2D eigenvalue weighted by Crippen LogP contribution is -2.45. The number of halogens is 1. The van der Waals surface area contributed by atoms with E-state index in [-0.39, 0.29) is 35.8 Å². The smallest absolute Gasteiger partial charge is 0.251 e. The molecule has 3 N–H and O–H groups in total. The van der Waals surface area contributed by atoms with Gasteiger partial charge in [0, 0.05) is 29.6 Å². The van der Waals surface area contributed by atoms with E-state index in [2.05, 4.69) is 15.4 Å². The van der Waals surface area contributed by atoms with Gasteiger partial charge in [-0.3, -0.25) is 4.79 Å². The highest BCUT2D eigenvalue weighted by Crippen LogP contribution is 2.14. The van der Waals surface area contributed by atoms with Gasteiger partial charge in [-0.1, -0.05) is 12.1 Å². The van der Waals surface area contributed by atoms with E-state index in [0.717, 1.165) is 30.8 Å². The zero-order valence-corrected chi connectivity index (χ0v) is 16.6. The van der Waals surface area contributed by atoms with E-state index in [1.807, 2.05) is 17.5 Å². The molecule has 1 aliphatic rings. The Labute approximate surface area is 163 Å². The first-order valence-electron chi connectivity index (χ1n) is 8.18. The number of sulfonamides is 1. The lowest BCUT2D eigenvalue weighted by atomic mass is 10.1. The summed E-state index contributed by atoms with van der Waals surface area (Å²) in [5, 5.41) is 8.09. The number of hydrogen-bond donors (Lipinski definition) is 3. The number of thiophene rings is 1. The van der Waals surface area contributed by atoms with Gasteiger partial charge in [0.05, 0.1) is 4.90 Å². The molecule has 2 aromatic rings. The lowest BCUT2D eigenvalue weighted by molar-refractivity contribution is 0.0930. The van der Waals surface area contributed by atoms with Gasteiger partial charge in [0.2, 0.25) is 10.0 Å². The van der Waals surface area contributed by atoms with Crippen LogP contribution in [-0.2, 0) is 16.6 Å². The normalized spacial score (nSPS) is 17.3. The van der Waals surface area contributed by atoms with Crippen molar-refractivity contribution in [1.29, 1.82) is 0 Å². The van der Waals surface area contributed by atoms with Gasteiger partial charge in [0.25, 0.3) is 5.91 Å². The molecule has 1 aromatic carbocycles. The van der Waals surface area contributed by atoms with E-state index in [1.165, 1.54) is 23.5 Å². The summed E-state index contributed by atoms with van der Waals surface area (Å²) < 4.78 is 27.5. The maximum absolute atomic E-state index is 12.4. The molecule has 0 radical (unpaired) electrons. The highest BCUT2D eigenvalue weighted by atomic mass is 35.5. The van der Waals surface area contributed by atoms with Gasteiger partial charge < -0.3 is 10.6 Å². The second-order valence-electron chi connectivity index (χ2n) is 5.95. The largest absolute Gasteiger partial charge is 0.348 e. The summed E-state index contributed by atoms with van der Waals surface area (Å²) in [6, 6.07) is 9.96. The van der Waals surface area contributed by atoms with Crippen LogP contribution in [0.3, 0.4) is 0 Å². The molecular formula is C17H22ClN3O3S2. The molecule has 0 spiro atoms. The minimum atomic E-state index is -3.66. The molecule has 1 atom stereocenters. The molecule has 9 heteroatoms. The first-order valence-corrected chi connectivity index (χ1v) is 10.5. The average Bonchev–Trinajstić information content (AvgIpc) is 3.15. The quantitative estimate of drug-likeness (QED) is 0.674. The topological polar surface area (TPSA) is 87.3 Å². The van der Waals surface area contributed by atoms with Crippen molar-refractivity contribution in [3.63, 3.8) is 0 Å². The molecule has 1 unspecified atom stereocenters. The summed E-state index contributed by atoms with van der Waals surface area (Å²) in [5.41, 5.74) is 0.351. The fourth-order valence-electron chi connectivity index (χ4n) is 2.71. The monoisotopic (exact) mass is 415 g/mol. The fourth-order valence-corrected chi connectivity index (χ4v) is 4.50. The van der Waals surface area contributed by atoms with E-state index < -0.39 is 10.0 Å². The van der Waals surface area contributed by atoms with E-state index in [9.17, 15) is 13.2 Å². The van der Waals surface area contributed by atoms with E-state index in [0.29, 0.717) is 5.56 Å². The van der Waals surface area contributed by atoms with Crippen LogP contribution >= 0.6 is 23.7 Å². The SMILES string of the molecule is Cl.O=C(NC1CCCNC1)c1cccc(S(=O)(=O)NCc2cccs2)c1. The summed E-state index contributed by atoms with van der Waals surface area (Å²) in [6.07, 6.45) is 1.95. The third-order valence-corrected chi connectivity index (χ3v) is 6.33. The van der Waals surface area contributed by atoms with Crippen molar-refractivity contribution in [1.82, 2.24) is 15.4 Å². The summed E-state index contributed by atoms with van der Waals surface area (Å²) in [4.78, 5) is 13.4. The zero-order chi connectivity index (χ0) is 17.7. The Hall–Kier alpha value is -1.45. The van der Waals surface area contributed by atoms with Gasteiger partial charge in [-0.2, -0.15) is 0 Å². The predicted molar refractivity (Wildman–Crippen MR) is 105 cm³/mol. The van der Waals surface area contributed by atoms with Crippen LogP contribution in [0.5, 0.6) is 0 Å². The molecule has 2 heterocycles. The van der Waals surface area contributed by atoms with Crippen LogP contribution in [0.1, 0.15) is 28.1 Å². The first kappa shape index (κ1) is 20.9. The highest BCUT2D eigenvalue weighted by molar-refractivity contribution is 7.89. The number of carbonyl (C=O) groups is 1. The van der Waals surface area contributed by atoms with E-state index in [1.54, 1.807) is 12.1 Å². The van der Waals surface area contributed by atoms with Crippen molar-refractivity contribution in [2.24, 2.45) is 0 Å². The molecule has 1 saturated heterocycles. The van der Waals surface area contributed by atoms with Crippen LogP contribution in [0.4, 0.5) is 0 Å². The molecule has 6 nitrogen and oxygen atoms in total. The average molecular weight is 416 g/mol. The molecule has 142 valence electrons. The van der Waals surface area contributed by atoms with Crippen molar-refractivity contribution >= 4 is 39.7 Å². The zero-order valence-electron chi connectivity index (χ0n) is 14.1. The molecule has 26 heavy (non-hydrogen) atoms. The number of hydrogen-bond acceptors (Lipinski definition) is 5. The van der Waals surface area contributed by atoms with Crippen LogP contribution < -0.4 is 15.4 Å². The minimum Gasteiger partial charge on any atom is -0.348 e. The Balaban J connectivity index is 0.00000243. The molecular weight excluding hydrogens is 394 g/mol. The second kappa shape index (κ2) is 9.48. The van der Waals surface area contributed by atoms with Gasteiger partial charge in [0.15, 0.2) is 0 Å². The Morgan fingerprint density at radius 1 is 1.27 bits per heavy atom. The van der Waals surface area contributed by atoms with Crippen LogP contribution in [0.15, 0.2) is 46.7 Å². The third kappa shape index (κ3) is 5.52. The van der Waals surface area contributed by atoms with Crippen molar-refractivity contribution in [2.75, 3.05) is 13.1 Å². The number of piperidine rings is 1. The molecule has 1 aliphatic heterocycles. The molecule has 0 saturated carbocycles. The number of rotatable bonds is 6. The summed E-state index contributed by atoms with van der Waals surface area (Å²) in [6.45, 7) is 1.95. The van der Waals surface area contributed by atoms with Gasteiger partial charge in [-0.15, -0.1) is 23.7 Å². The summed E-state index contributed by atoms with van der Waals surface area (Å²) in [7, 11) is -3.66. The Kier molecular flexibility index (Phi) is 7.60. The molecule has 0 aliphatic carbocycles. The lowest BCUT2D eigenvalue weighted by Gasteiger charge is -2.23. The number of amides is 1. The molecule has 1 fully saturated rings. The van der Waals surface area contributed by atoms with Gasteiger partial charge in [0.1, 0.15) is 0 Å². The fraction of sp³-hybridized carbons (Fsp3) is 0.353. The van der Waals surface area contributed by atoms with E-state index in [4.69, 9.17) is 0 Å². The van der Waals surface area contributed by atoms with Crippen LogP contribution in [0.25, 0.3) is 0 Å². The molecule has 1 aromatic heterocycles. The van der Waals surface area contributed by atoms with Crippen molar-refractivity contribution < 1.29 is 13.2 Å². The molecule has 3 rings (SSSR count). The molecule has 0 bridgehead atoms. The third-order valence-electron chi connectivity index (χ3n) is 4.06. The van der Waals surface area contributed by atoms with Crippen molar-refractivity contribution in [2.45, 2.75) is 30.3 Å². The van der Waals surface area contributed by atoms with Crippen LogP contribution in [0, 0.1) is 0 Å². The standard InChI is InChI=1S/C17H21N3O3S2.ClH/c21-17(20-14-5-2-8-18-11-14)13-4-1-7-16(10-13)25(22,23)19-12-15-6-3-9-24-15;/h1,3-4,6-7,9-10,14,18-19H,2,5,8,11-12H2,(H,20,21);1H. The highest BCUT2D eigenvalue weighted by Gasteiger charge is 2.19.